The Hall–Kier alpha value is -2.65. The van der Waals surface area contributed by atoms with Crippen molar-refractivity contribution >= 4 is 34.4 Å². The van der Waals surface area contributed by atoms with Crippen LogP contribution in [0.25, 0.3) is 9.88 Å². The van der Waals surface area contributed by atoms with Crippen LogP contribution in [0.5, 0.6) is 5.75 Å². The highest BCUT2D eigenvalue weighted by atomic mass is 32.1. The lowest BCUT2D eigenvalue weighted by atomic mass is 10.1. The first-order chi connectivity index (χ1) is 12.9. The summed E-state index contributed by atoms with van der Waals surface area (Å²) in [5.41, 5.74) is 0.346. The van der Waals surface area contributed by atoms with E-state index in [-0.39, 0.29) is 17.0 Å². The van der Waals surface area contributed by atoms with Gasteiger partial charge in [-0.2, -0.15) is 8.78 Å². The minimum atomic E-state index is -2.94. The lowest BCUT2D eigenvalue weighted by Crippen LogP contribution is -2.24. The SMILES string of the molecule is C[C@@H](OC(=O)c1csc(-c2cccs2)n1)C(=O)c1ccc(OC(F)F)cc1. The molecule has 1 atom stereocenters. The van der Waals surface area contributed by atoms with Crippen molar-refractivity contribution < 1.29 is 27.8 Å². The number of aromatic nitrogens is 1. The number of halogens is 2. The lowest BCUT2D eigenvalue weighted by Gasteiger charge is -2.12. The monoisotopic (exact) mass is 409 g/mol. The number of hydrogen-bond donors (Lipinski definition) is 0. The van der Waals surface area contributed by atoms with Gasteiger partial charge in [0.25, 0.3) is 0 Å². The van der Waals surface area contributed by atoms with Crippen molar-refractivity contribution in [3.05, 3.63) is 58.4 Å². The molecule has 0 aliphatic rings. The minimum Gasteiger partial charge on any atom is -0.450 e. The first-order valence-electron chi connectivity index (χ1n) is 7.73. The van der Waals surface area contributed by atoms with Crippen LogP contribution in [0.3, 0.4) is 0 Å². The van der Waals surface area contributed by atoms with Gasteiger partial charge < -0.3 is 9.47 Å². The first-order valence-corrected chi connectivity index (χ1v) is 9.49. The van der Waals surface area contributed by atoms with E-state index in [2.05, 4.69) is 9.72 Å². The molecular weight excluding hydrogens is 396 g/mol. The number of rotatable bonds is 7. The molecular formula is C18H13F2NO4S2. The number of thiazole rings is 1. The zero-order valence-electron chi connectivity index (χ0n) is 13.9. The average molecular weight is 409 g/mol. The molecule has 0 unspecified atom stereocenters. The molecule has 0 aliphatic heterocycles. The molecule has 0 spiro atoms. The van der Waals surface area contributed by atoms with Gasteiger partial charge in [0, 0.05) is 10.9 Å². The van der Waals surface area contributed by atoms with Crippen LogP contribution < -0.4 is 4.74 Å². The number of nitrogens with zero attached hydrogens (tertiary/aromatic N) is 1. The number of hydrogen-bond acceptors (Lipinski definition) is 7. The largest absolute Gasteiger partial charge is 0.450 e. The zero-order chi connectivity index (χ0) is 19.4. The summed E-state index contributed by atoms with van der Waals surface area (Å²) in [6.45, 7) is -1.50. The standard InChI is InChI=1S/C18H13F2NO4S2/c1-10(15(22)11-4-6-12(7-5-11)25-18(19)20)24-17(23)13-9-27-16(21-13)14-3-2-8-26-14/h2-10,18H,1H3/t10-/m1/s1. The Labute approximate surface area is 161 Å². The van der Waals surface area contributed by atoms with Crippen LogP contribution >= 0.6 is 22.7 Å². The number of thiophene rings is 1. The van der Waals surface area contributed by atoms with Crippen LogP contribution in [-0.2, 0) is 4.74 Å². The Morgan fingerprint density at radius 3 is 2.48 bits per heavy atom. The van der Waals surface area contributed by atoms with Crippen molar-refractivity contribution in [1.82, 2.24) is 4.98 Å². The summed E-state index contributed by atoms with van der Waals surface area (Å²) in [5, 5.41) is 4.18. The topological polar surface area (TPSA) is 65.5 Å². The van der Waals surface area contributed by atoms with Crippen LogP contribution in [0.15, 0.2) is 47.2 Å². The van der Waals surface area contributed by atoms with E-state index in [1.54, 1.807) is 5.38 Å². The third-order valence-corrected chi connectivity index (χ3v) is 5.34. The van der Waals surface area contributed by atoms with Crippen LogP contribution in [0.2, 0.25) is 0 Å². The third kappa shape index (κ3) is 4.75. The van der Waals surface area contributed by atoms with Gasteiger partial charge in [0.05, 0.1) is 4.88 Å². The molecule has 140 valence electrons. The van der Waals surface area contributed by atoms with E-state index < -0.39 is 24.5 Å². The van der Waals surface area contributed by atoms with E-state index in [4.69, 9.17) is 4.74 Å². The summed E-state index contributed by atoms with van der Waals surface area (Å²) < 4.78 is 33.7. The summed E-state index contributed by atoms with van der Waals surface area (Å²) in [6.07, 6.45) is -1.05. The zero-order valence-corrected chi connectivity index (χ0v) is 15.6. The molecule has 0 bridgehead atoms. The predicted octanol–water partition coefficient (Wildman–Crippen LogP) is 4.90. The molecule has 0 aliphatic carbocycles. The maximum Gasteiger partial charge on any atom is 0.387 e. The molecule has 5 nitrogen and oxygen atoms in total. The summed E-state index contributed by atoms with van der Waals surface area (Å²) in [7, 11) is 0. The van der Waals surface area contributed by atoms with Crippen molar-refractivity contribution in [2.45, 2.75) is 19.6 Å². The Morgan fingerprint density at radius 2 is 1.85 bits per heavy atom. The summed E-state index contributed by atoms with van der Waals surface area (Å²) in [6, 6.07) is 8.96. The lowest BCUT2D eigenvalue weighted by molar-refractivity contribution is -0.0498. The Balaban J connectivity index is 1.63. The molecule has 0 radical (unpaired) electrons. The van der Waals surface area contributed by atoms with Crippen molar-refractivity contribution in [3.63, 3.8) is 0 Å². The van der Waals surface area contributed by atoms with Gasteiger partial charge in [-0.1, -0.05) is 6.07 Å². The van der Waals surface area contributed by atoms with Gasteiger partial charge >= 0.3 is 12.6 Å². The van der Waals surface area contributed by atoms with Crippen molar-refractivity contribution in [1.29, 1.82) is 0 Å². The summed E-state index contributed by atoms with van der Waals surface area (Å²) in [5.74, 6) is -1.22. The third-order valence-electron chi connectivity index (χ3n) is 3.46. The Morgan fingerprint density at radius 1 is 1.11 bits per heavy atom. The van der Waals surface area contributed by atoms with E-state index in [1.165, 1.54) is 53.9 Å². The molecule has 3 rings (SSSR count). The smallest absolute Gasteiger partial charge is 0.387 e. The fourth-order valence-corrected chi connectivity index (χ4v) is 3.79. The van der Waals surface area contributed by atoms with Gasteiger partial charge in [-0.15, -0.1) is 22.7 Å². The molecule has 0 N–H and O–H groups in total. The Kier molecular flexibility index (Phi) is 5.92. The quantitative estimate of drug-likeness (QED) is 0.410. The number of esters is 1. The van der Waals surface area contributed by atoms with E-state index in [0.29, 0.717) is 5.01 Å². The number of ketones is 1. The Bertz CT molecular complexity index is 923. The number of alkyl halides is 2. The molecule has 0 amide bonds. The van der Waals surface area contributed by atoms with Gasteiger partial charge in [0.15, 0.2) is 11.8 Å². The highest BCUT2D eigenvalue weighted by molar-refractivity contribution is 7.20. The number of carbonyl (C=O) groups is 2. The van der Waals surface area contributed by atoms with Crippen molar-refractivity contribution in [3.8, 4) is 15.6 Å². The number of carbonyl (C=O) groups excluding carboxylic acids is 2. The highest BCUT2D eigenvalue weighted by Crippen LogP contribution is 2.28. The molecule has 0 fully saturated rings. The highest BCUT2D eigenvalue weighted by Gasteiger charge is 2.22. The summed E-state index contributed by atoms with van der Waals surface area (Å²) >= 11 is 2.82. The number of benzene rings is 1. The number of ether oxygens (including phenoxy) is 2. The molecule has 9 heteroatoms. The van der Waals surface area contributed by atoms with Gasteiger partial charge in [-0.3, -0.25) is 4.79 Å². The molecule has 3 aromatic rings. The van der Waals surface area contributed by atoms with E-state index in [0.717, 1.165) is 4.88 Å². The predicted molar refractivity (Wildman–Crippen MR) is 97.7 cm³/mol. The molecule has 2 aromatic heterocycles. The van der Waals surface area contributed by atoms with Gasteiger partial charge in [-0.25, -0.2) is 9.78 Å². The summed E-state index contributed by atoms with van der Waals surface area (Å²) in [4.78, 5) is 29.7. The average Bonchev–Trinajstić information content (AvgIpc) is 3.32. The van der Waals surface area contributed by atoms with Gasteiger partial charge in [0.2, 0.25) is 5.78 Å². The van der Waals surface area contributed by atoms with Crippen LogP contribution in [0.4, 0.5) is 8.78 Å². The van der Waals surface area contributed by atoms with Crippen LogP contribution in [0.1, 0.15) is 27.8 Å². The minimum absolute atomic E-state index is 0.0604. The second-order valence-electron chi connectivity index (χ2n) is 5.33. The van der Waals surface area contributed by atoms with Crippen molar-refractivity contribution in [2.24, 2.45) is 0 Å². The fourth-order valence-electron chi connectivity index (χ4n) is 2.19. The van der Waals surface area contributed by atoms with E-state index in [9.17, 15) is 18.4 Å². The molecule has 27 heavy (non-hydrogen) atoms. The van der Waals surface area contributed by atoms with Crippen LogP contribution in [-0.4, -0.2) is 29.5 Å². The maximum atomic E-state index is 12.4. The van der Waals surface area contributed by atoms with Crippen LogP contribution in [0, 0.1) is 0 Å². The second-order valence-corrected chi connectivity index (χ2v) is 7.14. The second kappa shape index (κ2) is 8.36. The molecule has 1 aromatic carbocycles. The molecule has 0 saturated carbocycles. The van der Waals surface area contributed by atoms with Gasteiger partial charge in [0.1, 0.15) is 10.8 Å². The first kappa shape index (κ1) is 19.1. The molecule has 0 saturated heterocycles. The molecule has 2 heterocycles. The fraction of sp³-hybridized carbons (Fsp3) is 0.167. The maximum absolute atomic E-state index is 12.4. The van der Waals surface area contributed by atoms with Crippen molar-refractivity contribution in [2.75, 3.05) is 0 Å². The van der Waals surface area contributed by atoms with Gasteiger partial charge in [-0.05, 0) is 42.6 Å². The van der Waals surface area contributed by atoms with E-state index in [1.807, 2.05) is 17.5 Å². The van der Waals surface area contributed by atoms with E-state index >= 15 is 0 Å². The normalized spacial score (nSPS) is 12.0. The number of Topliss-reactive ketones (excluding diaryl/α,β-unsaturated/α-hetero) is 1.